The van der Waals surface area contributed by atoms with Crippen LogP contribution in [0.25, 0.3) is 0 Å². The summed E-state index contributed by atoms with van der Waals surface area (Å²) in [5.74, 6) is -2.70. The molecule has 1 N–H and O–H groups in total. The minimum atomic E-state index is -0.799. The molecule has 1 unspecified atom stereocenters. The molecule has 1 aromatic heterocycles. The van der Waals surface area contributed by atoms with Gasteiger partial charge in [-0.2, -0.15) is 0 Å². The fourth-order valence-corrected chi connectivity index (χ4v) is 3.61. The van der Waals surface area contributed by atoms with Crippen molar-refractivity contribution in [1.29, 1.82) is 0 Å². The summed E-state index contributed by atoms with van der Waals surface area (Å²) in [6, 6.07) is 4.57. The zero-order valence-corrected chi connectivity index (χ0v) is 16.1. The van der Waals surface area contributed by atoms with E-state index >= 15 is 0 Å². The van der Waals surface area contributed by atoms with E-state index in [1.807, 2.05) is 0 Å². The highest BCUT2D eigenvalue weighted by molar-refractivity contribution is 5.96. The number of anilines is 1. The van der Waals surface area contributed by atoms with Crippen molar-refractivity contribution in [2.24, 2.45) is 0 Å². The zero-order valence-electron chi connectivity index (χ0n) is 16.1. The van der Waals surface area contributed by atoms with Gasteiger partial charge in [0.2, 0.25) is 5.91 Å². The molecular weight excluding hydrogens is 386 g/mol. The number of methoxy groups -OCH3 is 2. The van der Waals surface area contributed by atoms with Crippen LogP contribution in [0.3, 0.4) is 0 Å². The van der Waals surface area contributed by atoms with Gasteiger partial charge in [0.25, 0.3) is 5.56 Å². The SMILES string of the molecule is COCC(CO)n1cccc(N2C[C@@H](c3c(F)cc(OC)cc3F)CC2=O)c1=O. The van der Waals surface area contributed by atoms with Crippen LogP contribution >= 0.6 is 0 Å². The quantitative estimate of drug-likeness (QED) is 0.756. The lowest BCUT2D eigenvalue weighted by molar-refractivity contribution is -0.117. The van der Waals surface area contributed by atoms with Gasteiger partial charge in [0.15, 0.2) is 0 Å². The van der Waals surface area contributed by atoms with E-state index in [4.69, 9.17) is 9.47 Å². The summed E-state index contributed by atoms with van der Waals surface area (Å²) in [5, 5.41) is 9.52. The summed E-state index contributed by atoms with van der Waals surface area (Å²) in [6.45, 7) is -0.249. The number of aliphatic hydroxyl groups excluding tert-OH is 1. The Morgan fingerprint density at radius 3 is 2.52 bits per heavy atom. The Labute approximate surface area is 166 Å². The Hall–Kier alpha value is -2.78. The molecular formula is C20H22F2N2O5. The van der Waals surface area contributed by atoms with Gasteiger partial charge in [-0.1, -0.05) is 0 Å². The number of benzene rings is 1. The molecule has 0 radical (unpaired) electrons. The van der Waals surface area contributed by atoms with Crippen molar-refractivity contribution in [2.75, 3.05) is 38.9 Å². The lowest BCUT2D eigenvalue weighted by Crippen LogP contribution is -2.36. The second-order valence-electron chi connectivity index (χ2n) is 6.81. The molecule has 2 atom stereocenters. The van der Waals surface area contributed by atoms with E-state index in [0.717, 1.165) is 12.1 Å². The van der Waals surface area contributed by atoms with Crippen molar-refractivity contribution >= 4 is 11.6 Å². The first kappa shape index (κ1) is 20.9. The molecule has 1 fully saturated rings. The number of halogens is 2. The Morgan fingerprint density at radius 2 is 1.93 bits per heavy atom. The Balaban J connectivity index is 1.93. The molecule has 1 aliphatic rings. The molecule has 0 bridgehead atoms. The predicted molar refractivity (Wildman–Crippen MR) is 101 cm³/mol. The maximum Gasteiger partial charge on any atom is 0.274 e. The summed E-state index contributed by atoms with van der Waals surface area (Å²) in [7, 11) is 2.75. The highest BCUT2D eigenvalue weighted by Crippen LogP contribution is 2.35. The molecule has 2 heterocycles. The van der Waals surface area contributed by atoms with E-state index < -0.39 is 35.1 Å². The van der Waals surface area contributed by atoms with E-state index in [9.17, 15) is 23.5 Å². The number of pyridine rings is 1. The fraction of sp³-hybridized carbons (Fsp3) is 0.400. The predicted octanol–water partition coefficient (Wildman–Crippen LogP) is 1.84. The maximum atomic E-state index is 14.4. The molecule has 9 heteroatoms. The molecule has 1 amide bonds. The number of aliphatic hydroxyl groups is 1. The van der Waals surface area contributed by atoms with Crippen LogP contribution < -0.4 is 15.2 Å². The summed E-state index contributed by atoms with van der Waals surface area (Å²) < 4.78 is 40.0. The van der Waals surface area contributed by atoms with Crippen LogP contribution in [0.15, 0.2) is 35.3 Å². The third-order valence-electron chi connectivity index (χ3n) is 5.03. The van der Waals surface area contributed by atoms with E-state index in [2.05, 4.69) is 0 Å². The van der Waals surface area contributed by atoms with E-state index in [1.165, 1.54) is 35.9 Å². The molecule has 29 heavy (non-hydrogen) atoms. The normalized spacial score (nSPS) is 17.6. The number of amides is 1. The highest BCUT2D eigenvalue weighted by atomic mass is 19.1. The first-order valence-corrected chi connectivity index (χ1v) is 9.05. The van der Waals surface area contributed by atoms with Crippen LogP contribution in [0.5, 0.6) is 5.75 Å². The Morgan fingerprint density at radius 1 is 1.24 bits per heavy atom. The van der Waals surface area contributed by atoms with Gasteiger partial charge in [0.05, 0.1) is 26.4 Å². The third-order valence-corrected chi connectivity index (χ3v) is 5.03. The molecule has 0 saturated carbocycles. The lowest BCUT2D eigenvalue weighted by Gasteiger charge is -2.21. The van der Waals surface area contributed by atoms with Gasteiger partial charge in [0.1, 0.15) is 23.1 Å². The first-order chi connectivity index (χ1) is 13.9. The average molecular weight is 408 g/mol. The smallest absolute Gasteiger partial charge is 0.274 e. The van der Waals surface area contributed by atoms with Gasteiger partial charge in [-0.3, -0.25) is 9.59 Å². The van der Waals surface area contributed by atoms with Crippen molar-refractivity contribution in [3.05, 3.63) is 58.0 Å². The zero-order chi connectivity index (χ0) is 21.1. The van der Waals surface area contributed by atoms with Crippen molar-refractivity contribution < 1.29 is 28.2 Å². The number of aromatic nitrogens is 1. The molecule has 3 rings (SSSR count). The number of carbonyl (C=O) groups excluding carboxylic acids is 1. The number of hydrogen-bond donors (Lipinski definition) is 1. The van der Waals surface area contributed by atoms with Gasteiger partial charge >= 0.3 is 0 Å². The minimum Gasteiger partial charge on any atom is -0.497 e. The number of carbonyl (C=O) groups is 1. The van der Waals surface area contributed by atoms with Gasteiger partial charge in [-0.25, -0.2) is 8.78 Å². The monoisotopic (exact) mass is 408 g/mol. The maximum absolute atomic E-state index is 14.4. The largest absolute Gasteiger partial charge is 0.497 e. The van der Waals surface area contributed by atoms with Crippen molar-refractivity contribution in [3.8, 4) is 5.75 Å². The van der Waals surface area contributed by atoms with Gasteiger partial charge in [-0.05, 0) is 12.1 Å². The lowest BCUT2D eigenvalue weighted by atomic mass is 9.97. The standard InChI is InChI=1S/C20H22F2N2O5/c1-28-11-13(10-25)23-5-3-4-17(20(23)27)24-9-12(6-18(24)26)19-15(21)7-14(29-2)8-16(19)22/h3-5,7-8,12-13,25H,6,9-11H2,1-2H3/t12-,13?/m0/s1. The molecule has 0 aliphatic carbocycles. The summed E-state index contributed by atoms with van der Waals surface area (Å²) in [4.78, 5) is 26.7. The topological polar surface area (TPSA) is 81.0 Å². The van der Waals surface area contributed by atoms with Gasteiger partial charge < -0.3 is 24.0 Å². The van der Waals surface area contributed by atoms with Gasteiger partial charge in [0, 0.05) is 49.9 Å². The second-order valence-corrected chi connectivity index (χ2v) is 6.81. The molecule has 156 valence electrons. The minimum absolute atomic E-state index is 0.0354. The van der Waals surface area contributed by atoms with Crippen LogP contribution in [0, 0.1) is 11.6 Å². The van der Waals surface area contributed by atoms with Crippen molar-refractivity contribution in [3.63, 3.8) is 0 Å². The number of nitrogens with zero attached hydrogens (tertiary/aromatic N) is 2. The number of hydrogen-bond acceptors (Lipinski definition) is 5. The second kappa shape index (κ2) is 8.71. The van der Waals surface area contributed by atoms with Crippen molar-refractivity contribution in [2.45, 2.75) is 18.4 Å². The molecule has 2 aromatic rings. The molecule has 1 saturated heterocycles. The van der Waals surface area contributed by atoms with Crippen molar-refractivity contribution in [1.82, 2.24) is 4.57 Å². The highest BCUT2D eigenvalue weighted by Gasteiger charge is 2.36. The third kappa shape index (κ3) is 4.01. The van der Waals surface area contributed by atoms with Gasteiger partial charge in [-0.15, -0.1) is 0 Å². The van der Waals surface area contributed by atoms with Crippen LogP contribution in [-0.2, 0) is 9.53 Å². The van der Waals surface area contributed by atoms with Crippen LogP contribution in [-0.4, -0.2) is 49.6 Å². The molecule has 0 spiro atoms. The summed E-state index contributed by atoms with van der Waals surface area (Å²) in [5.41, 5.74) is -0.609. The molecule has 1 aliphatic heterocycles. The molecule has 1 aromatic carbocycles. The first-order valence-electron chi connectivity index (χ1n) is 9.05. The molecule has 7 nitrogen and oxygen atoms in total. The number of rotatable bonds is 7. The van der Waals surface area contributed by atoms with E-state index in [1.54, 1.807) is 6.07 Å². The Kier molecular flexibility index (Phi) is 6.29. The summed E-state index contributed by atoms with van der Waals surface area (Å²) in [6.07, 6.45) is 1.36. The average Bonchev–Trinajstić information content (AvgIpc) is 3.06. The van der Waals surface area contributed by atoms with Crippen LogP contribution in [0.1, 0.15) is 23.9 Å². The van der Waals surface area contributed by atoms with Crippen LogP contribution in [0.2, 0.25) is 0 Å². The van der Waals surface area contributed by atoms with E-state index in [0.29, 0.717) is 0 Å². The van der Waals surface area contributed by atoms with E-state index in [-0.39, 0.29) is 43.2 Å². The fourth-order valence-electron chi connectivity index (χ4n) is 3.61. The summed E-state index contributed by atoms with van der Waals surface area (Å²) >= 11 is 0. The Bertz CT molecular complexity index is 939. The van der Waals surface area contributed by atoms with Crippen LogP contribution in [0.4, 0.5) is 14.5 Å². The number of ether oxygens (including phenoxy) is 2.